The second-order valence-electron chi connectivity index (χ2n) is 1.59. The summed E-state index contributed by atoms with van der Waals surface area (Å²) in [6, 6.07) is 1.55. The molecule has 0 aromatic carbocycles. The third kappa shape index (κ3) is 2.34. The minimum Gasteiger partial charge on any atom is -0.269 e. The summed E-state index contributed by atoms with van der Waals surface area (Å²) in [5.74, 6) is 0. The predicted octanol–water partition coefficient (Wildman–Crippen LogP) is 0.963. The van der Waals surface area contributed by atoms with Crippen molar-refractivity contribution in [1.82, 2.24) is 0 Å². The number of hydrogen-bond acceptors (Lipinski definition) is 3. The van der Waals surface area contributed by atoms with Crippen LogP contribution >= 0.6 is 11.3 Å². The molecule has 0 bridgehead atoms. The van der Waals surface area contributed by atoms with Crippen molar-refractivity contribution in [1.29, 1.82) is 0 Å². The van der Waals surface area contributed by atoms with E-state index in [1.54, 1.807) is 16.8 Å². The Morgan fingerprint density at radius 2 is 2.30 bits per heavy atom. The van der Waals surface area contributed by atoms with Gasteiger partial charge in [0.25, 0.3) is 0 Å². The normalized spacial score (nSPS) is 11.3. The van der Waals surface area contributed by atoms with Crippen molar-refractivity contribution in [2.75, 3.05) is 4.72 Å². The van der Waals surface area contributed by atoms with Gasteiger partial charge in [0.2, 0.25) is 0 Å². The van der Waals surface area contributed by atoms with Crippen LogP contribution in [0, 0.1) is 0 Å². The molecule has 4 nitrogen and oxygen atoms in total. The molecule has 0 aliphatic rings. The van der Waals surface area contributed by atoms with Crippen LogP contribution in [-0.4, -0.2) is 13.0 Å². The van der Waals surface area contributed by atoms with Gasteiger partial charge >= 0.3 is 10.3 Å². The number of nitrogens with one attached hydrogen (secondary N) is 1. The summed E-state index contributed by atoms with van der Waals surface area (Å²) in [4.78, 5) is 0. The van der Waals surface area contributed by atoms with E-state index in [0.717, 1.165) is 0 Å². The van der Waals surface area contributed by atoms with Gasteiger partial charge in [0.15, 0.2) is 0 Å². The van der Waals surface area contributed by atoms with Crippen LogP contribution in [0.4, 0.5) is 5.69 Å². The number of thiophene rings is 1. The first kappa shape index (κ1) is 7.52. The van der Waals surface area contributed by atoms with E-state index in [0.29, 0.717) is 5.69 Å². The summed E-state index contributed by atoms with van der Waals surface area (Å²) in [5, 5.41) is 3.28. The zero-order valence-corrected chi connectivity index (χ0v) is 6.45. The third-order valence-corrected chi connectivity index (χ3v) is 1.94. The topological polar surface area (TPSA) is 66.4 Å². The monoisotopic (exact) mass is 179 g/mol. The van der Waals surface area contributed by atoms with E-state index < -0.39 is 10.3 Å². The van der Waals surface area contributed by atoms with E-state index in [1.807, 2.05) is 4.72 Å². The molecular formula is C4H5NO3S2. The fourth-order valence-electron chi connectivity index (χ4n) is 0.471. The lowest BCUT2D eigenvalue weighted by molar-refractivity contribution is 0.490. The molecule has 1 heterocycles. The van der Waals surface area contributed by atoms with Crippen molar-refractivity contribution in [2.24, 2.45) is 0 Å². The minimum atomic E-state index is -4.09. The lowest BCUT2D eigenvalue weighted by atomic mass is 10.6. The van der Waals surface area contributed by atoms with Gasteiger partial charge in [-0.05, 0) is 11.4 Å². The van der Waals surface area contributed by atoms with Gasteiger partial charge in [0, 0.05) is 5.38 Å². The summed E-state index contributed by atoms with van der Waals surface area (Å²) < 4.78 is 30.4. The first-order valence-electron chi connectivity index (χ1n) is 2.35. The molecule has 1 aromatic heterocycles. The Kier molecular flexibility index (Phi) is 1.93. The number of hydrogen-bond donors (Lipinski definition) is 2. The summed E-state index contributed by atoms with van der Waals surface area (Å²) >= 11 is 1.34. The first-order chi connectivity index (χ1) is 4.58. The first-order valence-corrected chi connectivity index (χ1v) is 4.73. The molecule has 1 rings (SSSR count). The van der Waals surface area contributed by atoms with Crippen LogP contribution in [0.1, 0.15) is 0 Å². The van der Waals surface area contributed by atoms with Gasteiger partial charge in [0.05, 0.1) is 5.69 Å². The van der Waals surface area contributed by atoms with Crippen LogP contribution in [0.2, 0.25) is 0 Å². The predicted molar refractivity (Wildman–Crippen MR) is 39.5 cm³/mol. The van der Waals surface area contributed by atoms with Gasteiger partial charge in [-0.1, -0.05) is 0 Å². The van der Waals surface area contributed by atoms with Crippen molar-refractivity contribution in [3.05, 3.63) is 16.8 Å². The average Bonchev–Trinajstić information content (AvgIpc) is 2.12. The van der Waals surface area contributed by atoms with Crippen LogP contribution in [0.25, 0.3) is 0 Å². The third-order valence-electron chi connectivity index (χ3n) is 0.768. The molecule has 10 heavy (non-hydrogen) atoms. The highest BCUT2D eigenvalue weighted by atomic mass is 32.2. The molecule has 0 spiro atoms. The summed E-state index contributed by atoms with van der Waals surface area (Å²) in [7, 11) is -4.09. The minimum absolute atomic E-state index is 0.382. The average molecular weight is 179 g/mol. The Morgan fingerprint density at radius 1 is 1.60 bits per heavy atom. The summed E-state index contributed by atoms with van der Waals surface area (Å²) in [5.41, 5.74) is 0.382. The van der Waals surface area contributed by atoms with Gasteiger partial charge in [-0.3, -0.25) is 9.27 Å². The molecule has 0 aliphatic heterocycles. The van der Waals surface area contributed by atoms with E-state index in [4.69, 9.17) is 4.55 Å². The molecule has 0 radical (unpaired) electrons. The van der Waals surface area contributed by atoms with Gasteiger partial charge in [0.1, 0.15) is 0 Å². The highest BCUT2D eigenvalue weighted by molar-refractivity contribution is 7.87. The van der Waals surface area contributed by atoms with Gasteiger partial charge in [-0.2, -0.15) is 19.8 Å². The second kappa shape index (κ2) is 2.57. The standard InChI is InChI=1S/C4H5NO3S2/c6-10(7,8)5-4-1-2-9-3-4/h1-3,5H,(H,6,7,8). The van der Waals surface area contributed by atoms with E-state index in [9.17, 15) is 8.42 Å². The maximum Gasteiger partial charge on any atom is 0.357 e. The molecule has 0 aliphatic carbocycles. The second-order valence-corrected chi connectivity index (χ2v) is 3.52. The fourth-order valence-corrected chi connectivity index (χ4v) is 1.56. The van der Waals surface area contributed by atoms with Crippen molar-refractivity contribution in [2.45, 2.75) is 0 Å². The van der Waals surface area contributed by atoms with Crippen molar-refractivity contribution in [3.8, 4) is 0 Å². The van der Waals surface area contributed by atoms with Gasteiger partial charge in [-0.25, -0.2) is 0 Å². The molecule has 2 N–H and O–H groups in total. The van der Waals surface area contributed by atoms with Crippen LogP contribution in [0.3, 0.4) is 0 Å². The van der Waals surface area contributed by atoms with Crippen LogP contribution < -0.4 is 4.72 Å². The summed E-state index contributed by atoms with van der Waals surface area (Å²) in [6.07, 6.45) is 0. The van der Waals surface area contributed by atoms with Gasteiger partial charge < -0.3 is 0 Å². The molecule has 0 saturated carbocycles. The smallest absolute Gasteiger partial charge is 0.269 e. The molecule has 0 unspecified atom stereocenters. The molecule has 0 fully saturated rings. The Labute approximate surface area is 62.4 Å². The SMILES string of the molecule is O=S(=O)(O)Nc1ccsc1. The molecular weight excluding hydrogens is 174 g/mol. The maximum atomic E-state index is 10.1. The lowest BCUT2D eigenvalue weighted by Crippen LogP contribution is -2.09. The Hall–Kier alpha value is -0.590. The molecule has 6 heteroatoms. The van der Waals surface area contributed by atoms with E-state index in [1.165, 1.54) is 11.3 Å². The van der Waals surface area contributed by atoms with Crippen molar-refractivity contribution in [3.63, 3.8) is 0 Å². The quantitative estimate of drug-likeness (QED) is 0.664. The molecule has 56 valence electrons. The zero-order chi connectivity index (χ0) is 7.61. The molecule has 0 atom stereocenters. The molecule has 0 saturated heterocycles. The summed E-state index contributed by atoms with van der Waals surface area (Å²) in [6.45, 7) is 0. The molecule has 1 aromatic rings. The van der Waals surface area contributed by atoms with Crippen molar-refractivity contribution >= 4 is 27.3 Å². The Balaban J connectivity index is 2.75. The lowest BCUT2D eigenvalue weighted by Gasteiger charge is -1.95. The highest BCUT2D eigenvalue weighted by Gasteiger charge is 2.01. The fraction of sp³-hybridized carbons (Fsp3) is 0. The van der Waals surface area contributed by atoms with E-state index in [2.05, 4.69) is 0 Å². The van der Waals surface area contributed by atoms with Crippen LogP contribution in [-0.2, 0) is 10.3 Å². The number of anilines is 1. The zero-order valence-electron chi connectivity index (χ0n) is 4.81. The van der Waals surface area contributed by atoms with E-state index >= 15 is 0 Å². The Morgan fingerprint density at radius 3 is 2.70 bits per heavy atom. The largest absolute Gasteiger partial charge is 0.357 e. The van der Waals surface area contributed by atoms with E-state index in [-0.39, 0.29) is 0 Å². The molecule has 0 amide bonds. The van der Waals surface area contributed by atoms with Crippen molar-refractivity contribution < 1.29 is 13.0 Å². The maximum absolute atomic E-state index is 10.1. The van der Waals surface area contributed by atoms with Gasteiger partial charge in [-0.15, -0.1) is 0 Å². The van der Waals surface area contributed by atoms with Crippen LogP contribution in [0.15, 0.2) is 16.8 Å². The highest BCUT2D eigenvalue weighted by Crippen LogP contribution is 2.12. The Bertz CT molecular complexity index is 288. The van der Waals surface area contributed by atoms with Crippen LogP contribution in [0.5, 0.6) is 0 Å². The number of rotatable bonds is 2.